The zero-order valence-electron chi connectivity index (χ0n) is 20.1. The van der Waals surface area contributed by atoms with Crippen LogP contribution in [0.4, 0.5) is 11.8 Å². The fraction of sp³-hybridized carbons (Fsp3) is 0.462. The number of rotatable bonds is 6. The summed E-state index contributed by atoms with van der Waals surface area (Å²) in [4.78, 5) is 28.3. The summed E-state index contributed by atoms with van der Waals surface area (Å²) in [5, 5.41) is 4.20. The molecule has 1 saturated carbocycles. The number of benzene rings is 1. The molecule has 1 amide bonds. The van der Waals surface area contributed by atoms with Gasteiger partial charge in [-0.15, -0.1) is 0 Å². The highest BCUT2D eigenvalue weighted by Gasteiger charge is 2.22. The van der Waals surface area contributed by atoms with E-state index in [0.717, 1.165) is 48.9 Å². The average Bonchev–Trinajstić information content (AvgIpc) is 2.90. The van der Waals surface area contributed by atoms with Crippen LogP contribution in [0.3, 0.4) is 0 Å². The van der Waals surface area contributed by atoms with Crippen molar-refractivity contribution in [3.05, 3.63) is 42.2 Å². The summed E-state index contributed by atoms with van der Waals surface area (Å²) < 4.78 is 11.1. The number of anilines is 2. The highest BCUT2D eigenvalue weighted by molar-refractivity contribution is 5.99. The number of hydrogen-bond donors (Lipinski definition) is 2. The van der Waals surface area contributed by atoms with Gasteiger partial charge in [0.2, 0.25) is 5.95 Å². The largest absolute Gasteiger partial charge is 0.383 e. The Morgan fingerprint density at radius 2 is 1.86 bits per heavy atom. The van der Waals surface area contributed by atoms with Gasteiger partial charge in [0, 0.05) is 49.3 Å². The van der Waals surface area contributed by atoms with Crippen molar-refractivity contribution in [2.75, 3.05) is 44.0 Å². The summed E-state index contributed by atoms with van der Waals surface area (Å²) in [5.74, 6) is 1.00. The Balaban J connectivity index is 1.37. The number of nitrogens with zero attached hydrogens (tertiary/aromatic N) is 4. The molecule has 35 heavy (non-hydrogen) atoms. The van der Waals surface area contributed by atoms with Crippen LogP contribution in [0.15, 0.2) is 36.7 Å². The fourth-order valence-corrected chi connectivity index (χ4v) is 4.85. The standard InChI is InChI=1S/C26H32N6O3/c1-2-35-20-9-7-19(8-10-20)30-26-29-16-22-23(31-26)21(15-28-24(22)27)17-3-5-18(6-4-17)25(33)32-11-13-34-14-12-32/h3-6,15-16,19-20H,2,7-14H2,1H3,(H2,27,28)(H,29,30,31). The van der Waals surface area contributed by atoms with Crippen LogP contribution in [-0.4, -0.2) is 70.8 Å². The highest BCUT2D eigenvalue weighted by atomic mass is 16.5. The number of fused-ring (bicyclic) bond motifs is 1. The lowest BCUT2D eigenvalue weighted by Gasteiger charge is -2.28. The molecule has 0 bridgehead atoms. The maximum Gasteiger partial charge on any atom is 0.254 e. The summed E-state index contributed by atoms with van der Waals surface area (Å²) in [7, 11) is 0. The van der Waals surface area contributed by atoms with E-state index < -0.39 is 0 Å². The number of morpholine rings is 1. The number of amides is 1. The predicted molar refractivity (Wildman–Crippen MR) is 135 cm³/mol. The Bertz CT molecular complexity index is 1170. The van der Waals surface area contributed by atoms with Crippen molar-refractivity contribution in [1.29, 1.82) is 0 Å². The normalized spacial score (nSPS) is 20.7. The zero-order valence-corrected chi connectivity index (χ0v) is 20.1. The van der Waals surface area contributed by atoms with Crippen LogP contribution in [-0.2, 0) is 9.47 Å². The Morgan fingerprint density at radius 1 is 1.11 bits per heavy atom. The Hall–Kier alpha value is -3.30. The van der Waals surface area contributed by atoms with Gasteiger partial charge in [-0.2, -0.15) is 0 Å². The third kappa shape index (κ3) is 5.21. The molecule has 1 saturated heterocycles. The van der Waals surface area contributed by atoms with E-state index in [1.54, 1.807) is 12.4 Å². The summed E-state index contributed by atoms with van der Waals surface area (Å²) >= 11 is 0. The van der Waals surface area contributed by atoms with Gasteiger partial charge in [-0.3, -0.25) is 4.79 Å². The minimum atomic E-state index is 0.0213. The first-order valence-corrected chi connectivity index (χ1v) is 12.4. The number of carbonyl (C=O) groups is 1. The molecule has 1 aliphatic heterocycles. The molecule has 9 heteroatoms. The summed E-state index contributed by atoms with van der Waals surface area (Å²) in [5.41, 5.74) is 9.31. The number of hydrogen-bond acceptors (Lipinski definition) is 8. The van der Waals surface area contributed by atoms with Crippen LogP contribution in [0.2, 0.25) is 0 Å². The maximum atomic E-state index is 12.8. The molecule has 9 nitrogen and oxygen atoms in total. The second kappa shape index (κ2) is 10.5. The smallest absolute Gasteiger partial charge is 0.254 e. The van der Waals surface area contributed by atoms with Gasteiger partial charge in [-0.1, -0.05) is 12.1 Å². The zero-order chi connectivity index (χ0) is 24.2. The molecule has 0 radical (unpaired) electrons. The molecule has 0 spiro atoms. The average molecular weight is 477 g/mol. The number of nitrogens with one attached hydrogen (secondary N) is 1. The first-order chi connectivity index (χ1) is 17.1. The number of nitrogen functional groups attached to an aromatic ring is 1. The van der Waals surface area contributed by atoms with E-state index in [1.807, 2.05) is 36.1 Å². The van der Waals surface area contributed by atoms with Crippen molar-refractivity contribution in [2.24, 2.45) is 0 Å². The van der Waals surface area contributed by atoms with Crippen molar-refractivity contribution >= 4 is 28.6 Å². The fourth-order valence-electron chi connectivity index (χ4n) is 4.85. The van der Waals surface area contributed by atoms with E-state index in [4.69, 9.17) is 20.2 Å². The van der Waals surface area contributed by atoms with Gasteiger partial charge >= 0.3 is 0 Å². The van der Waals surface area contributed by atoms with Crippen molar-refractivity contribution in [3.8, 4) is 11.1 Å². The molecule has 3 aromatic rings. The van der Waals surface area contributed by atoms with Gasteiger partial charge in [0.15, 0.2) is 0 Å². The molecule has 3 heterocycles. The molecule has 0 atom stereocenters. The summed E-state index contributed by atoms with van der Waals surface area (Å²) in [6.07, 6.45) is 7.95. The van der Waals surface area contributed by atoms with Crippen LogP contribution in [0.5, 0.6) is 0 Å². The molecule has 1 aromatic carbocycles. The second-order valence-electron chi connectivity index (χ2n) is 9.07. The molecule has 1 aliphatic carbocycles. The van der Waals surface area contributed by atoms with Crippen molar-refractivity contribution in [1.82, 2.24) is 19.9 Å². The van der Waals surface area contributed by atoms with E-state index in [1.165, 1.54) is 0 Å². The van der Waals surface area contributed by atoms with Crippen molar-refractivity contribution < 1.29 is 14.3 Å². The van der Waals surface area contributed by atoms with E-state index >= 15 is 0 Å². The first-order valence-electron chi connectivity index (χ1n) is 12.4. The molecule has 2 aliphatic rings. The second-order valence-corrected chi connectivity index (χ2v) is 9.07. The topological polar surface area (TPSA) is 115 Å². The van der Waals surface area contributed by atoms with E-state index in [9.17, 15) is 4.79 Å². The molecular weight excluding hydrogens is 444 g/mol. The van der Waals surface area contributed by atoms with Crippen LogP contribution in [0.25, 0.3) is 22.0 Å². The molecule has 2 aromatic heterocycles. The van der Waals surface area contributed by atoms with Crippen LogP contribution in [0, 0.1) is 0 Å². The molecule has 3 N–H and O–H groups in total. The highest BCUT2D eigenvalue weighted by Crippen LogP contribution is 2.31. The SMILES string of the molecule is CCOC1CCC(Nc2ncc3c(N)ncc(-c4ccc(C(=O)N5CCOCC5)cc4)c3n2)CC1. The van der Waals surface area contributed by atoms with E-state index in [2.05, 4.69) is 15.3 Å². The molecule has 0 unspecified atom stereocenters. The maximum absolute atomic E-state index is 12.8. The first kappa shape index (κ1) is 23.4. The van der Waals surface area contributed by atoms with Gasteiger partial charge in [-0.05, 0) is 50.3 Å². The number of ether oxygens (including phenoxy) is 2. The molecule has 2 fully saturated rings. The Morgan fingerprint density at radius 3 is 2.57 bits per heavy atom. The lowest BCUT2D eigenvalue weighted by Crippen LogP contribution is -2.40. The molecular formula is C26H32N6O3. The number of carbonyl (C=O) groups excluding carboxylic acids is 1. The number of aromatic nitrogens is 3. The predicted octanol–water partition coefficient (Wildman–Crippen LogP) is 3.51. The van der Waals surface area contributed by atoms with Crippen LogP contribution in [0.1, 0.15) is 43.0 Å². The third-order valence-corrected chi connectivity index (χ3v) is 6.80. The molecule has 184 valence electrons. The minimum Gasteiger partial charge on any atom is -0.383 e. The van der Waals surface area contributed by atoms with Gasteiger partial charge < -0.3 is 25.4 Å². The van der Waals surface area contributed by atoms with E-state index in [0.29, 0.717) is 61.2 Å². The lowest BCUT2D eigenvalue weighted by molar-refractivity contribution is 0.0303. The third-order valence-electron chi connectivity index (χ3n) is 6.80. The van der Waals surface area contributed by atoms with Gasteiger partial charge in [-0.25, -0.2) is 15.0 Å². The van der Waals surface area contributed by atoms with Gasteiger partial charge in [0.25, 0.3) is 5.91 Å². The quantitative estimate of drug-likeness (QED) is 0.555. The Labute approximate surface area is 205 Å². The summed E-state index contributed by atoms with van der Waals surface area (Å²) in [6, 6.07) is 7.89. The van der Waals surface area contributed by atoms with Gasteiger partial charge in [0.05, 0.1) is 30.2 Å². The van der Waals surface area contributed by atoms with Crippen molar-refractivity contribution in [2.45, 2.75) is 44.8 Å². The van der Waals surface area contributed by atoms with Crippen molar-refractivity contribution in [3.63, 3.8) is 0 Å². The summed E-state index contributed by atoms with van der Waals surface area (Å²) in [6.45, 7) is 5.20. The number of pyridine rings is 1. The van der Waals surface area contributed by atoms with Crippen LogP contribution < -0.4 is 11.1 Å². The van der Waals surface area contributed by atoms with Crippen LogP contribution >= 0.6 is 0 Å². The molecule has 5 rings (SSSR count). The monoisotopic (exact) mass is 476 g/mol. The Kier molecular flexibility index (Phi) is 7.06. The minimum absolute atomic E-state index is 0.0213. The lowest BCUT2D eigenvalue weighted by atomic mass is 9.93. The van der Waals surface area contributed by atoms with Gasteiger partial charge in [0.1, 0.15) is 5.82 Å². The van der Waals surface area contributed by atoms with E-state index in [-0.39, 0.29) is 5.91 Å². The number of nitrogens with two attached hydrogens (primary N) is 1.